The summed E-state index contributed by atoms with van der Waals surface area (Å²) in [6.45, 7) is 11.4. The highest BCUT2D eigenvalue weighted by atomic mass is 28.4. The molecule has 0 heterocycles. The van der Waals surface area contributed by atoms with Gasteiger partial charge in [0.15, 0.2) is 0 Å². The molecule has 4 aliphatic rings. The van der Waals surface area contributed by atoms with E-state index in [4.69, 9.17) is 4.43 Å². The van der Waals surface area contributed by atoms with Crippen LogP contribution in [0.1, 0.15) is 79.6 Å². The maximum Gasteiger partial charge on any atom is 0.261 e. The van der Waals surface area contributed by atoms with Crippen molar-refractivity contribution in [2.75, 3.05) is 6.61 Å². The number of fused-ring (bicyclic) bond motifs is 5. The number of aliphatic hydroxyl groups is 3. The van der Waals surface area contributed by atoms with Gasteiger partial charge in [-0.2, -0.15) is 0 Å². The quantitative estimate of drug-likeness (QED) is 0.293. The highest BCUT2D eigenvalue weighted by Gasteiger charge is 2.62. The van der Waals surface area contributed by atoms with E-state index < -0.39 is 25.9 Å². The van der Waals surface area contributed by atoms with Crippen molar-refractivity contribution in [1.29, 1.82) is 0 Å². The Morgan fingerprint density at radius 1 is 0.929 bits per heavy atom. The lowest BCUT2D eigenvalue weighted by Gasteiger charge is -2.60. The van der Waals surface area contributed by atoms with Gasteiger partial charge in [-0.3, -0.25) is 0 Å². The third-order valence-electron chi connectivity index (χ3n) is 12.4. The van der Waals surface area contributed by atoms with Gasteiger partial charge >= 0.3 is 0 Å². The zero-order chi connectivity index (χ0) is 29.9. The Labute approximate surface area is 254 Å². The zero-order valence-electron chi connectivity index (χ0n) is 26.3. The van der Waals surface area contributed by atoms with E-state index in [0.29, 0.717) is 17.8 Å². The predicted octanol–water partition coefficient (Wildman–Crippen LogP) is 5.83. The van der Waals surface area contributed by atoms with E-state index >= 15 is 0 Å². The van der Waals surface area contributed by atoms with Crippen LogP contribution in [-0.2, 0) is 4.43 Å². The minimum Gasteiger partial charge on any atom is -0.404 e. The standard InChI is InChI=1S/C37H52O4Si/c1-25(39)34-33(40)23-32-30-17-16-26-22-27(18-20-36(26,5)31(30)19-21-37(32,34)24-38)41-42(35(2,3)4,28-12-8-6-9-13-28)29-14-10-7-11-15-29/h6-15,23,25-27,30-31,33-34,38-40H,16-22,24H2,1-5H3/t25-,26-,27-,30+,31-,33+,34-,36-,37+/m0/s1. The highest BCUT2D eigenvalue weighted by molar-refractivity contribution is 6.99. The Balaban J connectivity index is 1.29. The van der Waals surface area contributed by atoms with Crippen LogP contribution in [0.5, 0.6) is 0 Å². The van der Waals surface area contributed by atoms with E-state index in [1.807, 2.05) is 6.08 Å². The molecule has 0 spiro atoms. The summed E-state index contributed by atoms with van der Waals surface area (Å²) >= 11 is 0. The van der Waals surface area contributed by atoms with Gasteiger partial charge in [0.2, 0.25) is 0 Å². The Bertz CT molecular complexity index is 1230. The van der Waals surface area contributed by atoms with Crippen LogP contribution in [0, 0.1) is 34.5 Å². The van der Waals surface area contributed by atoms with Crippen molar-refractivity contribution in [1.82, 2.24) is 0 Å². The molecule has 2 aromatic carbocycles. The van der Waals surface area contributed by atoms with Gasteiger partial charge in [0, 0.05) is 17.4 Å². The summed E-state index contributed by atoms with van der Waals surface area (Å²) in [6.07, 6.45) is 8.46. The summed E-state index contributed by atoms with van der Waals surface area (Å²) in [6, 6.07) is 22.1. The smallest absolute Gasteiger partial charge is 0.261 e. The molecule has 5 heteroatoms. The molecule has 42 heavy (non-hydrogen) atoms. The number of hydrogen-bond donors (Lipinski definition) is 3. The molecule has 0 bridgehead atoms. The van der Waals surface area contributed by atoms with Gasteiger partial charge in [-0.05, 0) is 90.4 Å². The molecule has 0 amide bonds. The average Bonchev–Trinajstić information content (AvgIpc) is 3.29. The Morgan fingerprint density at radius 3 is 2.10 bits per heavy atom. The minimum absolute atomic E-state index is 0.0171. The van der Waals surface area contributed by atoms with Crippen LogP contribution in [0.2, 0.25) is 5.04 Å². The summed E-state index contributed by atoms with van der Waals surface area (Å²) in [5, 5.41) is 35.0. The van der Waals surface area contributed by atoms with Crippen molar-refractivity contribution in [3.05, 3.63) is 72.3 Å². The molecule has 2 aromatic rings. The zero-order valence-corrected chi connectivity index (χ0v) is 27.3. The van der Waals surface area contributed by atoms with Crippen LogP contribution in [0.3, 0.4) is 0 Å². The number of benzene rings is 2. The van der Waals surface area contributed by atoms with Gasteiger partial charge in [-0.15, -0.1) is 0 Å². The molecule has 4 nitrogen and oxygen atoms in total. The molecule has 0 aromatic heterocycles. The average molecular weight is 589 g/mol. The van der Waals surface area contributed by atoms with Gasteiger partial charge in [-0.25, -0.2) is 0 Å². The molecule has 4 aliphatic carbocycles. The van der Waals surface area contributed by atoms with Gasteiger partial charge in [-0.1, -0.05) is 100 Å². The van der Waals surface area contributed by atoms with Gasteiger partial charge in [0.1, 0.15) is 0 Å². The first-order chi connectivity index (χ1) is 20.0. The number of hydrogen-bond acceptors (Lipinski definition) is 4. The second-order valence-electron chi connectivity index (χ2n) is 15.4. The molecule has 0 radical (unpaired) electrons. The fourth-order valence-corrected chi connectivity index (χ4v) is 15.3. The summed E-state index contributed by atoms with van der Waals surface area (Å²) in [5.41, 5.74) is 1.01. The van der Waals surface area contributed by atoms with Crippen LogP contribution < -0.4 is 10.4 Å². The maximum absolute atomic E-state index is 11.0. The molecular formula is C37H52O4Si. The van der Waals surface area contributed by atoms with Gasteiger partial charge in [0.25, 0.3) is 8.32 Å². The van der Waals surface area contributed by atoms with E-state index in [-0.39, 0.29) is 29.1 Å². The summed E-state index contributed by atoms with van der Waals surface area (Å²) in [5.74, 6) is 1.24. The molecule has 9 atom stereocenters. The second-order valence-corrected chi connectivity index (χ2v) is 19.7. The van der Waals surface area contributed by atoms with E-state index in [0.717, 1.165) is 44.9 Å². The van der Waals surface area contributed by atoms with Crippen molar-refractivity contribution in [3.63, 3.8) is 0 Å². The number of aliphatic hydroxyl groups excluding tert-OH is 3. The van der Waals surface area contributed by atoms with Crippen molar-refractivity contribution in [2.24, 2.45) is 34.5 Å². The Kier molecular flexibility index (Phi) is 7.92. The first kappa shape index (κ1) is 30.3. The predicted molar refractivity (Wildman–Crippen MR) is 172 cm³/mol. The summed E-state index contributed by atoms with van der Waals surface area (Å²) in [7, 11) is -2.60. The van der Waals surface area contributed by atoms with Gasteiger partial charge < -0.3 is 19.7 Å². The van der Waals surface area contributed by atoms with Crippen LogP contribution in [-0.4, -0.2) is 48.6 Å². The highest BCUT2D eigenvalue weighted by Crippen LogP contribution is 2.66. The molecule has 0 unspecified atom stereocenters. The lowest BCUT2D eigenvalue weighted by Crippen LogP contribution is -2.68. The fraction of sp³-hybridized carbons (Fsp3) is 0.622. The summed E-state index contributed by atoms with van der Waals surface area (Å²) in [4.78, 5) is 0. The van der Waals surface area contributed by atoms with Crippen molar-refractivity contribution in [2.45, 2.75) is 103 Å². The molecule has 3 N–H and O–H groups in total. The third-order valence-corrected chi connectivity index (χ3v) is 17.5. The maximum atomic E-state index is 11.0. The SMILES string of the molecule is C[C@H](O)[C@H]1[C@H](O)C=C2[C@@H]3CC[C@H]4C[C@@H](O[Si](c5ccccc5)(c5ccccc5)C(C)(C)C)CC[C@]4(C)[C@H]3CC[C@@]21CO. The van der Waals surface area contributed by atoms with Crippen LogP contribution in [0.15, 0.2) is 72.3 Å². The third kappa shape index (κ3) is 4.53. The fourth-order valence-electron chi connectivity index (χ4n) is 10.5. The van der Waals surface area contributed by atoms with Gasteiger partial charge in [0.05, 0.1) is 18.8 Å². The van der Waals surface area contributed by atoms with Crippen LogP contribution >= 0.6 is 0 Å². The topological polar surface area (TPSA) is 69.9 Å². The normalized spacial score (nSPS) is 37.3. The largest absolute Gasteiger partial charge is 0.404 e. The molecule has 0 saturated heterocycles. The molecular weight excluding hydrogens is 536 g/mol. The molecule has 6 rings (SSSR count). The van der Waals surface area contributed by atoms with Crippen LogP contribution in [0.25, 0.3) is 0 Å². The van der Waals surface area contributed by atoms with Crippen LogP contribution in [0.4, 0.5) is 0 Å². The van der Waals surface area contributed by atoms with Crippen molar-refractivity contribution < 1.29 is 19.7 Å². The monoisotopic (exact) mass is 588 g/mol. The van der Waals surface area contributed by atoms with E-state index in [2.05, 4.69) is 88.4 Å². The van der Waals surface area contributed by atoms with E-state index in [1.54, 1.807) is 6.92 Å². The minimum atomic E-state index is -2.60. The first-order valence-corrected chi connectivity index (χ1v) is 18.4. The van der Waals surface area contributed by atoms with E-state index in [1.165, 1.54) is 15.9 Å². The lowest BCUT2D eigenvalue weighted by molar-refractivity contribution is -0.102. The van der Waals surface area contributed by atoms with E-state index in [9.17, 15) is 15.3 Å². The summed E-state index contributed by atoms with van der Waals surface area (Å²) < 4.78 is 7.64. The number of rotatable bonds is 6. The van der Waals surface area contributed by atoms with Crippen molar-refractivity contribution >= 4 is 18.7 Å². The second kappa shape index (κ2) is 11.0. The lowest BCUT2D eigenvalue weighted by atomic mass is 9.45. The molecule has 3 saturated carbocycles. The van der Waals surface area contributed by atoms with Crippen molar-refractivity contribution in [3.8, 4) is 0 Å². The Morgan fingerprint density at radius 2 is 1.55 bits per heavy atom. The Hall–Kier alpha value is -1.76. The first-order valence-electron chi connectivity index (χ1n) is 16.5. The molecule has 228 valence electrons. The molecule has 3 fully saturated rings. The molecule has 0 aliphatic heterocycles.